The lowest BCUT2D eigenvalue weighted by Gasteiger charge is -2.34. The summed E-state index contributed by atoms with van der Waals surface area (Å²) >= 11 is 0. The summed E-state index contributed by atoms with van der Waals surface area (Å²) in [5.41, 5.74) is 2.71. The number of hydrogen-bond donors (Lipinski definition) is 1. The fourth-order valence-electron chi connectivity index (χ4n) is 4.48. The SMILES string of the molecule is CCOC(=O)C1CCN(C(=NC)NCc2ccccc2CN2CCN(CC)CC2)CC1.I. The van der Waals surface area contributed by atoms with Gasteiger partial charge in [0.05, 0.1) is 12.5 Å². The van der Waals surface area contributed by atoms with Gasteiger partial charge in [-0.1, -0.05) is 31.2 Å². The number of aliphatic imine (C=N–C) groups is 1. The molecule has 2 aliphatic heterocycles. The average Bonchev–Trinajstić information content (AvgIpc) is 2.81. The van der Waals surface area contributed by atoms with Crippen LogP contribution in [-0.2, 0) is 22.6 Å². The van der Waals surface area contributed by atoms with E-state index in [0.717, 1.165) is 77.7 Å². The Hall–Kier alpha value is -1.39. The standard InChI is InChI=1S/C24H39N5O2.HI/c1-4-27-14-16-28(17-15-27)19-22-9-7-6-8-21(22)18-26-24(25-3)29-12-10-20(11-13-29)23(30)31-5-2;/h6-9,20H,4-5,10-19H2,1-3H3,(H,25,26);1H. The molecule has 3 rings (SSSR count). The Morgan fingerprint density at radius 2 is 1.66 bits per heavy atom. The summed E-state index contributed by atoms with van der Waals surface area (Å²) in [4.78, 5) is 23.8. The first-order valence-electron chi connectivity index (χ1n) is 11.8. The summed E-state index contributed by atoms with van der Waals surface area (Å²) in [6.07, 6.45) is 1.64. The van der Waals surface area contributed by atoms with E-state index in [-0.39, 0.29) is 35.9 Å². The zero-order valence-electron chi connectivity index (χ0n) is 19.9. The van der Waals surface area contributed by atoms with Crippen LogP contribution in [0.2, 0.25) is 0 Å². The summed E-state index contributed by atoms with van der Waals surface area (Å²) in [5.74, 6) is 0.871. The van der Waals surface area contributed by atoms with E-state index in [2.05, 4.69) is 56.2 Å². The van der Waals surface area contributed by atoms with Crippen molar-refractivity contribution in [3.05, 3.63) is 35.4 Å². The number of ether oxygens (including phenoxy) is 1. The maximum Gasteiger partial charge on any atom is 0.309 e. The van der Waals surface area contributed by atoms with Gasteiger partial charge in [-0.3, -0.25) is 14.7 Å². The molecule has 8 heteroatoms. The number of rotatable bonds is 7. The second-order valence-corrected chi connectivity index (χ2v) is 8.39. The number of esters is 1. The van der Waals surface area contributed by atoms with Crippen molar-refractivity contribution in [2.45, 2.75) is 39.8 Å². The van der Waals surface area contributed by atoms with Gasteiger partial charge in [-0.25, -0.2) is 0 Å². The molecule has 0 amide bonds. The van der Waals surface area contributed by atoms with Crippen LogP contribution in [0.25, 0.3) is 0 Å². The Labute approximate surface area is 210 Å². The van der Waals surface area contributed by atoms with Crippen molar-refractivity contribution in [3.8, 4) is 0 Å². The Morgan fingerprint density at radius 3 is 2.25 bits per heavy atom. The Kier molecular flexibility index (Phi) is 11.7. The summed E-state index contributed by atoms with van der Waals surface area (Å²) in [6.45, 7) is 13.7. The van der Waals surface area contributed by atoms with Gasteiger partial charge in [0, 0.05) is 59.4 Å². The van der Waals surface area contributed by atoms with Crippen LogP contribution in [0.1, 0.15) is 37.8 Å². The number of halogens is 1. The molecule has 32 heavy (non-hydrogen) atoms. The normalized spacial score (nSPS) is 18.8. The van der Waals surface area contributed by atoms with Crippen molar-refractivity contribution in [1.82, 2.24) is 20.0 Å². The number of piperazine rings is 1. The van der Waals surface area contributed by atoms with E-state index in [4.69, 9.17) is 4.74 Å². The predicted molar refractivity (Wildman–Crippen MR) is 140 cm³/mol. The molecule has 0 aliphatic carbocycles. The van der Waals surface area contributed by atoms with Gasteiger partial charge in [0.15, 0.2) is 5.96 Å². The highest BCUT2D eigenvalue weighted by Gasteiger charge is 2.27. The van der Waals surface area contributed by atoms with E-state index in [1.165, 1.54) is 11.1 Å². The minimum absolute atomic E-state index is 0. The van der Waals surface area contributed by atoms with Crippen molar-refractivity contribution >= 4 is 35.9 Å². The smallest absolute Gasteiger partial charge is 0.309 e. The lowest BCUT2D eigenvalue weighted by molar-refractivity contribution is -0.149. The van der Waals surface area contributed by atoms with Gasteiger partial charge < -0.3 is 19.9 Å². The molecule has 1 N–H and O–H groups in total. The second-order valence-electron chi connectivity index (χ2n) is 8.39. The Bertz CT molecular complexity index is 729. The van der Waals surface area contributed by atoms with Crippen LogP contribution < -0.4 is 5.32 Å². The monoisotopic (exact) mass is 557 g/mol. The number of likely N-dealkylation sites (tertiary alicyclic amines) is 1. The van der Waals surface area contributed by atoms with Gasteiger partial charge in [0.1, 0.15) is 0 Å². The molecule has 0 atom stereocenters. The van der Waals surface area contributed by atoms with Crippen LogP contribution in [0, 0.1) is 5.92 Å². The number of carbonyl (C=O) groups is 1. The van der Waals surface area contributed by atoms with E-state index < -0.39 is 0 Å². The third-order valence-electron chi connectivity index (χ3n) is 6.49. The number of piperidine rings is 1. The molecule has 0 aromatic heterocycles. The molecule has 0 saturated carbocycles. The molecule has 0 radical (unpaired) electrons. The maximum absolute atomic E-state index is 12.0. The highest BCUT2D eigenvalue weighted by Crippen LogP contribution is 2.19. The molecule has 2 saturated heterocycles. The molecule has 2 heterocycles. The third-order valence-corrected chi connectivity index (χ3v) is 6.49. The fourth-order valence-corrected chi connectivity index (χ4v) is 4.48. The largest absolute Gasteiger partial charge is 0.466 e. The quantitative estimate of drug-likeness (QED) is 0.241. The predicted octanol–water partition coefficient (Wildman–Crippen LogP) is 2.79. The van der Waals surface area contributed by atoms with Crippen LogP contribution in [-0.4, -0.2) is 86.1 Å². The minimum atomic E-state index is -0.0567. The zero-order chi connectivity index (χ0) is 22.1. The summed E-state index contributed by atoms with van der Waals surface area (Å²) in [5, 5.41) is 3.55. The fraction of sp³-hybridized carbons (Fsp3) is 0.667. The lowest BCUT2D eigenvalue weighted by atomic mass is 9.97. The first kappa shape index (κ1) is 26.9. The number of likely N-dealkylation sites (N-methyl/N-ethyl adjacent to an activating group) is 1. The number of nitrogens with one attached hydrogen (secondary N) is 1. The summed E-state index contributed by atoms with van der Waals surface area (Å²) in [6, 6.07) is 8.71. The van der Waals surface area contributed by atoms with E-state index in [9.17, 15) is 4.79 Å². The molecule has 7 nitrogen and oxygen atoms in total. The number of benzene rings is 1. The van der Waals surface area contributed by atoms with E-state index >= 15 is 0 Å². The summed E-state index contributed by atoms with van der Waals surface area (Å²) < 4.78 is 5.19. The minimum Gasteiger partial charge on any atom is -0.466 e. The molecular formula is C24H40IN5O2. The first-order chi connectivity index (χ1) is 15.1. The topological polar surface area (TPSA) is 60.4 Å². The van der Waals surface area contributed by atoms with Crippen molar-refractivity contribution in [3.63, 3.8) is 0 Å². The van der Waals surface area contributed by atoms with E-state index in [1.807, 2.05) is 14.0 Å². The van der Waals surface area contributed by atoms with Crippen LogP contribution in [0.15, 0.2) is 29.3 Å². The van der Waals surface area contributed by atoms with Gasteiger partial charge in [-0.05, 0) is 37.4 Å². The highest BCUT2D eigenvalue weighted by atomic mass is 127. The molecule has 1 aromatic carbocycles. The van der Waals surface area contributed by atoms with Crippen molar-refractivity contribution in [2.75, 3.05) is 59.5 Å². The molecule has 0 spiro atoms. The van der Waals surface area contributed by atoms with Gasteiger partial charge >= 0.3 is 5.97 Å². The second kappa shape index (κ2) is 14.0. The van der Waals surface area contributed by atoms with Crippen molar-refractivity contribution in [2.24, 2.45) is 10.9 Å². The van der Waals surface area contributed by atoms with Gasteiger partial charge in [0.2, 0.25) is 0 Å². The van der Waals surface area contributed by atoms with Crippen LogP contribution in [0.3, 0.4) is 0 Å². The maximum atomic E-state index is 12.0. The number of guanidine groups is 1. The number of nitrogens with zero attached hydrogens (tertiary/aromatic N) is 4. The average molecular weight is 558 g/mol. The zero-order valence-corrected chi connectivity index (χ0v) is 22.2. The molecule has 2 aliphatic rings. The molecule has 0 bridgehead atoms. The first-order valence-corrected chi connectivity index (χ1v) is 11.8. The molecule has 1 aromatic rings. The third kappa shape index (κ3) is 7.59. The Morgan fingerprint density at radius 1 is 1.03 bits per heavy atom. The van der Waals surface area contributed by atoms with Crippen LogP contribution in [0.4, 0.5) is 0 Å². The van der Waals surface area contributed by atoms with Crippen molar-refractivity contribution in [1.29, 1.82) is 0 Å². The molecule has 2 fully saturated rings. The molecule has 0 unspecified atom stereocenters. The number of carbonyl (C=O) groups excluding carboxylic acids is 1. The van der Waals surface area contributed by atoms with E-state index in [0.29, 0.717) is 6.61 Å². The van der Waals surface area contributed by atoms with Crippen molar-refractivity contribution < 1.29 is 9.53 Å². The number of hydrogen-bond acceptors (Lipinski definition) is 5. The van der Waals surface area contributed by atoms with Crippen LogP contribution in [0.5, 0.6) is 0 Å². The highest BCUT2D eigenvalue weighted by molar-refractivity contribution is 14.0. The molecular weight excluding hydrogens is 517 g/mol. The van der Waals surface area contributed by atoms with E-state index in [1.54, 1.807) is 0 Å². The molecule has 180 valence electrons. The van der Waals surface area contributed by atoms with Gasteiger partial charge in [0.25, 0.3) is 0 Å². The lowest BCUT2D eigenvalue weighted by Crippen LogP contribution is -2.47. The van der Waals surface area contributed by atoms with Gasteiger partial charge in [-0.15, -0.1) is 24.0 Å². The van der Waals surface area contributed by atoms with Crippen LogP contribution >= 0.6 is 24.0 Å². The Balaban J connectivity index is 0.00000363. The van der Waals surface area contributed by atoms with Gasteiger partial charge in [-0.2, -0.15) is 0 Å². The summed E-state index contributed by atoms with van der Waals surface area (Å²) in [7, 11) is 1.83.